The molecule has 0 aliphatic heterocycles. The second-order valence-electron chi connectivity index (χ2n) is 7.60. The molecule has 3 rings (SSSR count). The van der Waals surface area contributed by atoms with Crippen LogP contribution in [0.5, 0.6) is 0 Å². The van der Waals surface area contributed by atoms with Crippen LogP contribution in [-0.2, 0) is 13.0 Å². The Morgan fingerprint density at radius 1 is 1.08 bits per heavy atom. The van der Waals surface area contributed by atoms with Crippen LogP contribution in [0.1, 0.15) is 38.1 Å². The van der Waals surface area contributed by atoms with E-state index in [1.807, 2.05) is 36.7 Å². The van der Waals surface area contributed by atoms with Crippen molar-refractivity contribution in [3.05, 3.63) is 72.4 Å². The predicted molar refractivity (Wildman–Crippen MR) is 100 cm³/mol. The molecule has 3 aromatic rings. The van der Waals surface area contributed by atoms with Crippen LogP contribution >= 0.6 is 0 Å². The first-order valence-electron chi connectivity index (χ1n) is 8.61. The largest absolute Gasteiger partial charge is 0.386 e. The van der Waals surface area contributed by atoms with Gasteiger partial charge in [0.05, 0.1) is 24.7 Å². The van der Waals surface area contributed by atoms with Crippen LogP contribution in [0.15, 0.2) is 61.2 Å². The molecule has 4 nitrogen and oxygen atoms in total. The fourth-order valence-electron chi connectivity index (χ4n) is 2.95. The number of aliphatic hydroxyl groups excluding tert-OH is 1. The van der Waals surface area contributed by atoms with E-state index in [4.69, 9.17) is 0 Å². The SMILES string of the molecule is CC(C)(C)Cc1c(-c2ccccc2)ncn1C[C@H](O)c1cccnc1. The normalized spacial score (nSPS) is 13.0. The summed E-state index contributed by atoms with van der Waals surface area (Å²) in [6.45, 7) is 7.13. The molecule has 0 spiro atoms. The lowest BCUT2D eigenvalue weighted by Gasteiger charge is -2.21. The molecule has 1 aromatic carbocycles. The quantitative estimate of drug-likeness (QED) is 0.757. The number of aliphatic hydroxyl groups is 1. The third-order valence-electron chi connectivity index (χ3n) is 4.13. The zero-order valence-electron chi connectivity index (χ0n) is 15.1. The smallest absolute Gasteiger partial charge is 0.0984 e. The Morgan fingerprint density at radius 3 is 2.48 bits per heavy atom. The van der Waals surface area contributed by atoms with Crippen molar-refractivity contribution in [1.82, 2.24) is 14.5 Å². The van der Waals surface area contributed by atoms with Crippen LogP contribution in [0.2, 0.25) is 0 Å². The lowest BCUT2D eigenvalue weighted by atomic mass is 9.89. The minimum atomic E-state index is -0.606. The highest BCUT2D eigenvalue weighted by Gasteiger charge is 2.21. The molecular formula is C21H25N3O. The first kappa shape index (κ1) is 17.4. The third kappa shape index (κ3) is 4.34. The molecule has 2 aromatic heterocycles. The Morgan fingerprint density at radius 2 is 1.84 bits per heavy atom. The number of nitrogens with zero attached hydrogens (tertiary/aromatic N) is 3. The maximum atomic E-state index is 10.6. The third-order valence-corrected chi connectivity index (χ3v) is 4.13. The molecule has 0 fully saturated rings. The van der Waals surface area contributed by atoms with Crippen LogP contribution in [-0.4, -0.2) is 19.6 Å². The van der Waals surface area contributed by atoms with Gasteiger partial charge in [-0.3, -0.25) is 4.98 Å². The molecule has 1 atom stereocenters. The van der Waals surface area contributed by atoms with E-state index in [1.165, 1.54) is 0 Å². The van der Waals surface area contributed by atoms with Gasteiger partial charge in [0.2, 0.25) is 0 Å². The van der Waals surface area contributed by atoms with Gasteiger partial charge in [-0.25, -0.2) is 4.98 Å². The Bertz CT molecular complexity index is 804. The Kier molecular flexibility index (Phi) is 5.00. The summed E-state index contributed by atoms with van der Waals surface area (Å²) in [5, 5.41) is 10.6. The van der Waals surface area contributed by atoms with E-state index in [0.717, 1.165) is 28.9 Å². The molecule has 2 heterocycles. The van der Waals surface area contributed by atoms with Crippen molar-refractivity contribution in [3.63, 3.8) is 0 Å². The molecule has 0 bridgehead atoms. The summed E-state index contributed by atoms with van der Waals surface area (Å²) in [6.07, 6.45) is 5.54. The van der Waals surface area contributed by atoms with Crippen molar-refractivity contribution in [2.45, 2.75) is 39.8 Å². The van der Waals surface area contributed by atoms with Crippen molar-refractivity contribution in [3.8, 4) is 11.3 Å². The summed E-state index contributed by atoms with van der Waals surface area (Å²) in [7, 11) is 0. The van der Waals surface area contributed by atoms with Gasteiger partial charge in [0.15, 0.2) is 0 Å². The Hall–Kier alpha value is -2.46. The maximum absolute atomic E-state index is 10.6. The first-order valence-corrected chi connectivity index (χ1v) is 8.61. The summed E-state index contributed by atoms with van der Waals surface area (Å²) in [5.41, 5.74) is 4.20. The van der Waals surface area contributed by atoms with Gasteiger partial charge in [0.25, 0.3) is 0 Å². The van der Waals surface area contributed by atoms with E-state index in [-0.39, 0.29) is 5.41 Å². The number of hydrogen-bond donors (Lipinski definition) is 1. The fourth-order valence-corrected chi connectivity index (χ4v) is 2.95. The van der Waals surface area contributed by atoms with Gasteiger partial charge in [0, 0.05) is 29.2 Å². The van der Waals surface area contributed by atoms with E-state index in [9.17, 15) is 5.11 Å². The molecule has 1 N–H and O–H groups in total. The minimum absolute atomic E-state index is 0.126. The van der Waals surface area contributed by atoms with Gasteiger partial charge >= 0.3 is 0 Å². The summed E-state index contributed by atoms with van der Waals surface area (Å²) in [6, 6.07) is 14.0. The number of imidazole rings is 1. The fraction of sp³-hybridized carbons (Fsp3) is 0.333. The number of pyridine rings is 1. The summed E-state index contributed by atoms with van der Waals surface area (Å²) < 4.78 is 2.07. The minimum Gasteiger partial charge on any atom is -0.386 e. The molecule has 130 valence electrons. The van der Waals surface area contributed by atoms with Crippen molar-refractivity contribution in [2.24, 2.45) is 5.41 Å². The topological polar surface area (TPSA) is 50.9 Å². The zero-order chi connectivity index (χ0) is 17.9. The molecule has 4 heteroatoms. The molecule has 0 aliphatic rings. The van der Waals surface area contributed by atoms with Crippen LogP contribution < -0.4 is 0 Å². The first-order chi connectivity index (χ1) is 11.9. The highest BCUT2D eigenvalue weighted by Crippen LogP contribution is 2.29. The average molecular weight is 335 g/mol. The molecule has 0 radical (unpaired) electrons. The van der Waals surface area contributed by atoms with Crippen LogP contribution in [0, 0.1) is 5.41 Å². The molecular weight excluding hydrogens is 310 g/mol. The second kappa shape index (κ2) is 7.19. The monoisotopic (exact) mass is 335 g/mol. The van der Waals surface area contributed by atoms with Crippen LogP contribution in [0.25, 0.3) is 11.3 Å². The average Bonchev–Trinajstić information content (AvgIpc) is 2.97. The van der Waals surface area contributed by atoms with Gasteiger partial charge in [0.1, 0.15) is 0 Å². The highest BCUT2D eigenvalue weighted by molar-refractivity contribution is 5.62. The van der Waals surface area contributed by atoms with Gasteiger partial charge in [-0.15, -0.1) is 0 Å². The molecule has 0 saturated heterocycles. The lowest BCUT2D eigenvalue weighted by Crippen LogP contribution is -2.16. The van der Waals surface area contributed by atoms with E-state index >= 15 is 0 Å². The summed E-state index contributed by atoms with van der Waals surface area (Å²) >= 11 is 0. The molecule has 0 unspecified atom stereocenters. The number of hydrogen-bond acceptors (Lipinski definition) is 3. The van der Waals surface area contributed by atoms with Crippen molar-refractivity contribution in [1.29, 1.82) is 0 Å². The zero-order valence-corrected chi connectivity index (χ0v) is 15.1. The number of rotatable bonds is 5. The predicted octanol–water partition coefficient (Wildman–Crippen LogP) is 4.27. The number of aromatic nitrogens is 3. The molecule has 0 amide bonds. The Labute approximate surface area is 149 Å². The highest BCUT2D eigenvalue weighted by atomic mass is 16.3. The maximum Gasteiger partial charge on any atom is 0.0984 e. The molecule has 25 heavy (non-hydrogen) atoms. The van der Waals surface area contributed by atoms with Crippen molar-refractivity contribution >= 4 is 0 Å². The van der Waals surface area contributed by atoms with E-state index in [0.29, 0.717) is 6.54 Å². The van der Waals surface area contributed by atoms with Gasteiger partial charge in [-0.05, 0) is 17.9 Å². The summed E-state index contributed by atoms with van der Waals surface area (Å²) in [5.74, 6) is 0. The van der Waals surface area contributed by atoms with Gasteiger partial charge in [-0.1, -0.05) is 57.2 Å². The molecule has 0 aliphatic carbocycles. The Balaban J connectivity index is 1.95. The lowest BCUT2D eigenvalue weighted by molar-refractivity contribution is 0.154. The van der Waals surface area contributed by atoms with E-state index < -0.39 is 6.10 Å². The van der Waals surface area contributed by atoms with Crippen molar-refractivity contribution in [2.75, 3.05) is 0 Å². The van der Waals surface area contributed by atoms with Gasteiger partial charge in [-0.2, -0.15) is 0 Å². The number of benzene rings is 1. The van der Waals surface area contributed by atoms with Crippen molar-refractivity contribution < 1.29 is 5.11 Å². The summed E-state index contributed by atoms with van der Waals surface area (Å²) in [4.78, 5) is 8.75. The molecule has 0 saturated carbocycles. The second-order valence-corrected chi connectivity index (χ2v) is 7.60. The van der Waals surface area contributed by atoms with Crippen LogP contribution in [0.3, 0.4) is 0 Å². The standard InChI is InChI=1S/C21H25N3O/c1-21(2,3)12-18-20(16-8-5-4-6-9-16)23-15-24(18)14-19(25)17-10-7-11-22-13-17/h4-11,13,15,19,25H,12,14H2,1-3H3/t19-/m0/s1. The van der Waals surface area contributed by atoms with Crippen LogP contribution in [0.4, 0.5) is 0 Å². The van der Waals surface area contributed by atoms with Gasteiger partial charge < -0.3 is 9.67 Å². The van der Waals surface area contributed by atoms with E-state index in [2.05, 4.69) is 47.4 Å². The van der Waals surface area contributed by atoms with E-state index in [1.54, 1.807) is 12.4 Å².